The molecule has 1 N–H and O–H groups in total. The number of thioether (sulfide) groups is 1. The van der Waals surface area contributed by atoms with E-state index in [1.807, 2.05) is 0 Å². The Bertz CT molecular complexity index is 996. The number of halogens is 1. The molecule has 2 heterocycles. The largest absolute Gasteiger partial charge is 0.486 e. The molecule has 0 atom stereocenters. The molecular weight excluding hydrogens is 418 g/mol. The standard InChI is InChI=1S/C19H16ClN3O5S/c20-12-1-4-14(5-2-12)27-10-18-22-23-19(28-18)29-11-17(24)21-13-3-6-15-16(9-13)26-8-7-25-15/h1-6,9H,7-8,10-11H2,(H,21,24). The summed E-state index contributed by atoms with van der Waals surface area (Å²) in [5, 5.41) is 11.5. The zero-order valence-corrected chi connectivity index (χ0v) is 16.7. The number of hydrogen-bond acceptors (Lipinski definition) is 8. The van der Waals surface area contributed by atoms with Gasteiger partial charge in [-0.05, 0) is 36.4 Å². The molecule has 0 spiro atoms. The summed E-state index contributed by atoms with van der Waals surface area (Å²) < 4.78 is 22.0. The van der Waals surface area contributed by atoms with Crippen molar-refractivity contribution in [2.75, 3.05) is 24.3 Å². The number of benzene rings is 2. The average Bonchev–Trinajstić information content (AvgIpc) is 3.20. The second kappa shape index (κ2) is 9.06. The lowest BCUT2D eigenvalue weighted by Gasteiger charge is -2.18. The molecule has 1 aromatic heterocycles. The van der Waals surface area contributed by atoms with Gasteiger partial charge < -0.3 is 23.9 Å². The molecule has 0 saturated carbocycles. The van der Waals surface area contributed by atoms with Gasteiger partial charge in [-0.3, -0.25) is 4.79 Å². The van der Waals surface area contributed by atoms with Gasteiger partial charge in [-0.1, -0.05) is 23.4 Å². The van der Waals surface area contributed by atoms with Gasteiger partial charge in [-0.25, -0.2) is 0 Å². The third-order valence-corrected chi connectivity index (χ3v) is 4.85. The van der Waals surface area contributed by atoms with E-state index >= 15 is 0 Å². The van der Waals surface area contributed by atoms with E-state index in [4.69, 9.17) is 30.2 Å². The van der Waals surface area contributed by atoms with Crippen LogP contribution in [0, 0.1) is 0 Å². The molecule has 0 saturated heterocycles. The maximum absolute atomic E-state index is 12.2. The molecule has 0 bridgehead atoms. The first-order valence-electron chi connectivity index (χ1n) is 8.69. The molecule has 1 aliphatic heterocycles. The first kappa shape index (κ1) is 19.4. The van der Waals surface area contributed by atoms with Crippen molar-refractivity contribution in [1.29, 1.82) is 0 Å². The minimum Gasteiger partial charge on any atom is -0.486 e. The number of aromatic nitrogens is 2. The van der Waals surface area contributed by atoms with E-state index < -0.39 is 0 Å². The van der Waals surface area contributed by atoms with Gasteiger partial charge >= 0.3 is 0 Å². The summed E-state index contributed by atoms with van der Waals surface area (Å²) in [6, 6.07) is 12.2. The van der Waals surface area contributed by atoms with Crippen LogP contribution in [0.4, 0.5) is 5.69 Å². The van der Waals surface area contributed by atoms with Crippen LogP contribution in [-0.4, -0.2) is 35.1 Å². The fraction of sp³-hybridized carbons (Fsp3) is 0.211. The molecule has 150 valence electrons. The molecule has 10 heteroatoms. The van der Waals surface area contributed by atoms with E-state index in [1.54, 1.807) is 42.5 Å². The SMILES string of the molecule is O=C(CSc1nnc(COc2ccc(Cl)cc2)o1)Nc1ccc2c(c1)OCCO2. The van der Waals surface area contributed by atoms with Gasteiger partial charge in [0.05, 0.1) is 5.75 Å². The minimum atomic E-state index is -0.205. The van der Waals surface area contributed by atoms with Crippen molar-refractivity contribution in [3.8, 4) is 17.2 Å². The maximum atomic E-state index is 12.2. The second-order valence-corrected chi connectivity index (χ2v) is 7.26. The highest BCUT2D eigenvalue weighted by Gasteiger charge is 2.14. The van der Waals surface area contributed by atoms with Crippen LogP contribution in [0.3, 0.4) is 0 Å². The smallest absolute Gasteiger partial charge is 0.277 e. The highest BCUT2D eigenvalue weighted by Crippen LogP contribution is 2.32. The van der Waals surface area contributed by atoms with Crippen molar-refractivity contribution in [3.63, 3.8) is 0 Å². The first-order valence-corrected chi connectivity index (χ1v) is 10.0. The van der Waals surface area contributed by atoms with E-state index in [1.165, 1.54) is 0 Å². The van der Waals surface area contributed by atoms with Crippen LogP contribution in [0.25, 0.3) is 0 Å². The monoisotopic (exact) mass is 433 g/mol. The Balaban J connectivity index is 1.25. The summed E-state index contributed by atoms with van der Waals surface area (Å²) in [6.07, 6.45) is 0. The van der Waals surface area contributed by atoms with Gasteiger partial charge in [0.15, 0.2) is 18.1 Å². The summed E-state index contributed by atoms with van der Waals surface area (Å²) in [5.74, 6) is 2.15. The van der Waals surface area contributed by atoms with E-state index in [-0.39, 0.29) is 23.5 Å². The Morgan fingerprint density at radius 3 is 2.72 bits per heavy atom. The number of amides is 1. The predicted octanol–water partition coefficient (Wildman–Crippen LogP) is 3.80. The molecule has 0 aliphatic carbocycles. The number of anilines is 1. The number of carbonyl (C=O) groups excluding carboxylic acids is 1. The molecule has 3 aromatic rings. The molecule has 8 nitrogen and oxygen atoms in total. The number of ether oxygens (including phenoxy) is 3. The molecular formula is C19H16ClN3O5S. The van der Waals surface area contributed by atoms with Gasteiger partial charge in [0.25, 0.3) is 11.1 Å². The van der Waals surface area contributed by atoms with Crippen LogP contribution < -0.4 is 19.5 Å². The fourth-order valence-corrected chi connectivity index (χ4v) is 3.18. The summed E-state index contributed by atoms with van der Waals surface area (Å²) in [7, 11) is 0. The highest BCUT2D eigenvalue weighted by atomic mass is 35.5. The molecule has 0 radical (unpaired) electrons. The van der Waals surface area contributed by atoms with Crippen molar-refractivity contribution in [1.82, 2.24) is 10.2 Å². The van der Waals surface area contributed by atoms with Gasteiger partial charge in [0.2, 0.25) is 5.91 Å². The van der Waals surface area contributed by atoms with E-state index in [2.05, 4.69) is 15.5 Å². The summed E-state index contributed by atoms with van der Waals surface area (Å²) >= 11 is 6.97. The Morgan fingerprint density at radius 2 is 1.90 bits per heavy atom. The molecule has 29 heavy (non-hydrogen) atoms. The number of rotatable bonds is 7. The lowest BCUT2D eigenvalue weighted by atomic mass is 10.2. The topological polar surface area (TPSA) is 95.7 Å². The number of hydrogen-bond donors (Lipinski definition) is 1. The van der Waals surface area contributed by atoms with Crippen LogP contribution >= 0.6 is 23.4 Å². The van der Waals surface area contributed by atoms with Gasteiger partial charge in [-0.15, -0.1) is 10.2 Å². The van der Waals surface area contributed by atoms with Crippen LogP contribution in [0.15, 0.2) is 52.1 Å². The molecule has 1 amide bonds. The Morgan fingerprint density at radius 1 is 1.10 bits per heavy atom. The molecule has 1 aliphatic rings. The lowest BCUT2D eigenvalue weighted by molar-refractivity contribution is -0.113. The van der Waals surface area contributed by atoms with Crippen LogP contribution in [-0.2, 0) is 11.4 Å². The van der Waals surface area contributed by atoms with Crippen molar-refractivity contribution < 1.29 is 23.4 Å². The number of fused-ring (bicyclic) bond motifs is 1. The molecule has 2 aromatic carbocycles. The Kier molecular flexibility index (Phi) is 6.06. The van der Waals surface area contributed by atoms with E-state index in [9.17, 15) is 4.79 Å². The summed E-state index contributed by atoms with van der Waals surface area (Å²) in [4.78, 5) is 12.2. The first-order chi connectivity index (χ1) is 14.2. The molecule has 0 unspecified atom stereocenters. The van der Waals surface area contributed by atoms with Crippen LogP contribution in [0.5, 0.6) is 17.2 Å². The Hall–Kier alpha value is -2.91. The average molecular weight is 434 g/mol. The number of nitrogens with one attached hydrogen (secondary N) is 1. The van der Waals surface area contributed by atoms with Crippen molar-refractivity contribution in [3.05, 3.63) is 53.4 Å². The maximum Gasteiger partial charge on any atom is 0.277 e. The summed E-state index contributed by atoms with van der Waals surface area (Å²) in [5.41, 5.74) is 0.627. The number of carbonyl (C=O) groups is 1. The van der Waals surface area contributed by atoms with E-state index in [0.717, 1.165) is 11.8 Å². The van der Waals surface area contributed by atoms with Crippen molar-refractivity contribution >= 4 is 35.0 Å². The number of nitrogens with zero attached hydrogens (tertiary/aromatic N) is 2. The quantitative estimate of drug-likeness (QED) is 0.562. The Labute approximate surface area is 175 Å². The zero-order valence-electron chi connectivity index (χ0n) is 15.1. The zero-order chi connectivity index (χ0) is 20.1. The third-order valence-electron chi connectivity index (χ3n) is 3.78. The predicted molar refractivity (Wildman–Crippen MR) is 107 cm³/mol. The van der Waals surface area contributed by atoms with Crippen molar-refractivity contribution in [2.45, 2.75) is 11.8 Å². The van der Waals surface area contributed by atoms with E-state index in [0.29, 0.717) is 47.1 Å². The fourth-order valence-electron chi connectivity index (χ4n) is 2.48. The lowest BCUT2D eigenvalue weighted by Crippen LogP contribution is -2.17. The van der Waals surface area contributed by atoms with Gasteiger partial charge in [-0.2, -0.15) is 0 Å². The van der Waals surface area contributed by atoms with Gasteiger partial charge in [0, 0.05) is 16.8 Å². The van der Waals surface area contributed by atoms with Crippen LogP contribution in [0.1, 0.15) is 5.89 Å². The molecule has 0 fully saturated rings. The second-order valence-electron chi connectivity index (χ2n) is 5.90. The van der Waals surface area contributed by atoms with Crippen LogP contribution in [0.2, 0.25) is 5.02 Å². The van der Waals surface area contributed by atoms with Crippen molar-refractivity contribution in [2.24, 2.45) is 0 Å². The van der Waals surface area contributed by atoms with Gasteiger partial charge in [0.1, 0.15) is 19.0 Å². The highest BCUT2D eigenvalue weighted by molar-refractivity contribution is 7.99. The third kappa shape index (κ3) is 5.33. The molecule has 4 rings (SSSR count). The minimum absolute atomic E-state index is 0.119. The summed E-state index contributed by atoms with van der Waals surface area (Å²) in [6.45, 7) is 1.13. The normalized spacial score (nSPS) is 12.4.